The van der Waals surface area contributed by atoms with E-state index in [0.29, 0.717) is 0 Å². The van der Waals surface area contributed by atoms with Gasteiger partial charge in [0.2, 0.25) is 0 Å². The Morgan fingerprint density at radius 3 is 2.40 bits per heavy atom. The van der Waals surface area contributed by atoms with Crippen molar-refractivity contribution in [2.24, 2.45) is 0 Å². The van der Waals surface area contributed by atoms with E-state index in [0.717, 1.165) is 18.6 Å². The van der Waals surface area contributed by atoms with Gasteiger partial charge in [-0.05, 0) is 51.3 Å². The molecule has 0 amide bonds. The summed E-state index contributed by atoms with van der Waals surface area (Å²) in [4.78, 5) is 12.0. The summed E-state index contributed by atoms with van der Waals surface area (Å²) in [5.41, 5.74) is 0.744. The Bertz CT molecular complexity index is 462. The number of rotatable bonds is 3. The number of nitrogens with one attached hydrogen (secondary N) is 1. The zero-order valence-electron chi connectivity index (χ0n) is 12.6. The SMILES string of the molecule is COc1ccc([C@@H]2CC[C@@H](C(=O)OC(C)(C)C)N2)cc1. The largest absolute Gasteiger partial charge is 0.497 e. The second-order valence-corrected chi connectivity index (χ2v) is 6.16. The smallest absolute Gasteiger partial charge is 0.323 e. The van der Waals surface area contributed by atoms with Crippen LogP contribution in [0.4, 0.5) is 0 Å². The average Bonchev–Trinajstić information content (AvgIpc) is 2.86. The van der Waals surface area contributed by atoms with Crippen LogP contribution in [0.15, 0.2) is 24.3 Å². The van der Waals surface area contributed by atoms with E-state index in [1.165, 1.54) is 5.56 Å². The fourth-order valence-corrected chi connectivity index (χ4v) is 2.40. The Balaban J connectivity index is 1.96. The minimum absolute atomic E-state index is 0.159. The van der Waals surface area contributed by atoms with Gasteiger partial charge in [-0.3, -0.25) is 10.1 Å². The minimum atomic E-state index is -0.434. The van der Waals surface area contributed by atoms with Crippen LogP contribution in [0, 0.1) is 0 Å². The number of hydrogen-bond donors (Lipinski definition) is 1. The molecule has 1 saturated heterocycles. The lowest BCUT2D eigenvalue weighted by Crippen LogP contribution is -2.38. The summed E-state index contributed by atoms with van der Waals surface area (Å²) in [6.45, 7) is 5.67. The van der Waals surface area contributed by atoms with E-state index in [4.69, 9.17) is 9.47 Å². The molecule has 0 aliphatic carbocycles. The van der Waals surface area contributed by atoms with Crippen LogP contribution in [0.1, 0.15) is 45.2 Å². The third-order valence-corrected chi connectivity index (χ3v) is 3.36. The Kier molecular flexibility index (Phi) is 4.33. The van der Waals surface area contributed by atoms with E-state index >= 15 is 0 Å². The summed E-state index contributed by atoms with van der Waals surface area (Å²) >= 11 is 0. The monoisotopic (exact) mass is 277 g/mol. The fourth-order valence-electron chi connectivity index (χ4n) is 2.40. The first kappa shape index (κ1) is 14.9. The van der Waals surface area contributed by atoms with Crippen molar-refractivity contribution in [3.8, 4) is 5.75 Å². The first-order chi connectivity index (χ1) is 9.39. The fraction of sp³-hybridized carbons (Fsp3) is 0.562. The number of carbonyl (C=O) groups is 1. The molecule has 20 heavy (non-hydrogen) atoms. The van der Waals surface area contributed by atoms with Gasteiger partial charge in [0.05, 0.1) is 7.11 Å². The third kappa shape index (κ3) is 3.73. The Morgan fingerprint density at radius 2 is 1.85 bits per heavy atom. The standard InChI is InChI=1S/C16H23NO3/c1-16(2,3)20-15(18)14-10-9-13(17-14)11-5-7-12(19-4)8-6-11/h5-8,13-14,17H,9-10H2,1-4H3/t13-,14-/m0/s1. The van der Waals surface area contributed by atoms with Crippen LogP contribution in [0.2, 0.25) is 0 Å². The number of ether oxygens (including phenoxy) is 2. The first-order valence-electron chi connectivity index (χ1n) is 7.02. The number of esters is 1. The van der Waals surface area contributed by atoms with E-state index in [1.54, 1.807) is 7.11 Å². The summed E-state index contributed by atoms with van der Waals surface area (Å²) in [5, 5.41) is 3.35. The van der Waals surface area contributed by atoms with Crippen molar-refractivity contribution < 1.29 is 14.3 Å². The Hall–Kier alpha value is -1.55. The molecule has 2 rings (SSSR count). The molecule has 1 aromatic rings. The van der Waals surface area contributed by atoms with Crippen LogP contribution in [0.5, 0.6) is 5.75 Å². The summed E-state index contributed by atoms with van der Waals surface area (Å²) in [6, 6.07) is 7.96. The molecule has 0 unspecified atom stereocenters. The van der Waals surface area contributed by atoms with E-state index in [9.17, 15) is 4.79 Å². The molecule has 4 heteroatoms. The van der Waals surface area contributed by atoms with Gasteiger partial charge in [0, 0.05) is 6.04 Å². The van der Waals surface area contributed by atoms with Crippen molar-refractivity contribution in [1.82, 2.24) is 5.32 Å². The molecule has 0 bridgehead atoms. The number of benzene rings is 1. The van der Waals surface area contributed by atoms with Crippen molar-refractivity contribution in [2.45, 2.75) is 51.3 Å². The highest BCUT2D eigenvalue weighted by Crippen LogP contribution is 2.28. The maximum Gasteiger partial charge on any atom is 0.323 e. The van der Waals surface area contributed by atoms with Crippen LogP contribution in [-0.2, 0) is 9.53 Å². The normalized spacial score (nSPS) is 22.6. The average molecular weight is 277 g/mol. The molecule has 0 radical (unpaired) electrons. The zero-order valence-corrected chi connectivity index (χ0v) is 12.6. The maximum atomic E-state index is 12.0. The van der Waals surface area contributed by atoms with Crippen LogP contribution < -0.4 is 10.1 Å². The van der Waals surface area contributed by atoms with Gasteiger partial charge in [0.15, 0.2) is 0 Å². The Morgan fingerprint density at radius 1 is 1.20 bits per heavy atom. The molecule has 0 aromatic heterocycles. The van der Waals surface area contributed by atoms with Gasteiger partial charge >= 0.3 is 5.97 Å². The summed E-state index contributed by atoms with van der Waals surface area (Å²) < 4.78 is 10.6. The molecule has 0 saturated carbocycles. The quantitative estimate of drug-likeness (QED) is 0.863. The molecule has 1 aliphatic heterocycles. The molecule has 110 valence electrons. The highest BCUT2D eigenvalue weighted by Gasteiger charge is 2.32. The topological polar surface area (TPSA) is 47.6 Å². The molecule has 1 heterocycles. The highest BCUT2D eigenvalue weighted by atomic mass is 16.6. The highest BCUT2D eigenvalue weighted by molar-refractivity contribution is 5.76. The van der Waals surface area contributed by atoms with Crippen molar-refractivity contribution in [1.29, 1.82) is 0 Å². The van der Waals surface area contributed by atoms with Crippen molar-refractivity contribution in [2.75, 3.05) is 7.11 Å². The van der Waals surface area contributed by atoms with E-state index in [-0.39, 0.29) is 18.1 Å². The van der Waals surface area contributed by atoms with Gasteiger partial charge in [0.1, 0.15) is 17.4 Å². The third-order valence-electron chi connectivity index (χ3n) is 3.36. The van der Waals surface area contributed by atoms with Crippen molar-refractivity contribution in [3.63, 3.8) is 0 Å². The van der Waals surface area contributed by atoms with Gasteiger partial charge in [-0.2, -0.15) is 0 Å². The molecular formula is C16H23NO3. The number of methoxy groups -OCH3 is 1. The summed E-state index contributed by atoms with van der Waals surface area (Å²) in [7, 11) is 1.65. The van der Waals surface area contributed by atoms with E-state index in [2.05, 4.69) is 5.32 Å². The summed E-state index contributed by atoms with van der Waals surface area (Å²) in [5.74, 6) is 0.684. The summed E-state index contributed by atoms with van der Waals surface area (Å²) in [6.07, 6.45) is 1.75. The van der Waals surface area contributed by atoms with Crippen LogP contribution >= 0.6 is 0 Å². The molecular weight excluding hydrogens is 254 g/mol. The predicted octanol–water partition coefficient (Wildman–Crippen LogP) is 2.83. The molecule has 1 aromatic carbocycles. The van der Waals surface area contributed by atoms with E-state index < -0.39 is 5.60 Å². The molecule has 0 spiro atoms. The second kappa shape index (κ2) is 5.83. The van der Waals surface area contributed by atoms with Gasteiger partial charge in [0.25, 0.3) is 0 Å². The molecule has 2 atom stereocenters. The second-order valence-electron chi connectivity index (χ2n) is 6.16. The van der Waals surface area contributed by atoms with Gasteiger partial charge in [-0.1, -0.05) is 12.1 Å². The van der Waals surface area contributed by atoms with Crippen LogP contribution in [-0.4, -0.2) is 24.7 Å². The van der Waals surface area contributed by atoms with Crippen molar-refractivity contribution in [3.05, 3.63) is 29.8 Å². The van der Waals surface area contributed by atoms with Gasteiger partial charge in [-0.15, -0.1) is 0 Å². The van der Waals surface area contributed by atoms with Crippen LogP contribution in [0.3, 0.4) is 0 Å². The number of hydrogen-bond acceptors (Lipinski definition) is 4. The van der Waals surface area contributed by atoms with Gasteiger partial charge < -0.3 is 9.47 Å². The lowest BCUT2D eigenvalue weighted by Gasteiger charge is -2.22. The number of carbonyl (C=O) groups excluding carboxylic acids is 1. The Labute approximate surface area is 120 Å². The van der Waals surface area contributed by atoms with Crippen molar-refractivity contribution >= 4 is 5.97 Å². The predicted molar refractivity (Wildman–Crippen MR) is 77.7 cm³/mol. The zero-order chi connectivity index (χ0) is 14.8. The lowest BCUT2D eigenvalue weighted by atomic mass is 10.1. The molecule has 4 nitrogen and oxygen atoms in total. The molecule has 1 aliphatic rings. The van der Waals surface area contributed by atoms with Gasteiger partial charge in [-0.25, -0.2) is 0 Å². The molecule has 1 N–H and O–H groups in total. The minimum Gasteiger partial charge on any atom is -0.497 e. The maximum absolute atomic E-state index is 12.0. The molecule has 1 fully saturated rings. The lowest BCUT2D eigenvalue weighted by molar-refractivity contribution is -0.157. The van der Waals surface area contributed by atoms with E-state index in [1.807, 2.05) is 45.0 Å². The van der Waals surface area contributed by atoms with Crippen LogP contribution in [0.25, 0.3) is 0 Å². The first-order valence-corrected chi connectivity index (χ1v) is 7.02.